The van der Waals surface area contributed by atoms with Gasteiger partial charge in [0.1, 0.15) is 0 Å². The van der Waals surface area contributed by atoms with E-state index in [4.69, 9.17) is 5.73 Å². The first kappa shape index (κ1) is 9.40. The molecule has 3 heteroatoms. The molecule has 1 spiro atoms. The van der Waals surface area contributed by atoms with Crippen LogP contribution in [-0.2, 0) is 0 Å². The molecule has 0 unspecified atom stereocenters. The second kappa shape index (κ2) is 3.34. The lowest BCUT2D eigenvalue weighted by Gasteiger charge is -2.40. The Bertz CT molecular complexity index is 385. The molecule has 0 radical (unpaired) electrons. The van der Waals surface area contributed by atoms with Gasteiger partial charge in [0, 0.05) is 23.7 Å². The number of benzene rings is 1. The van der Waals surface area contributed by atoms with Crippen molar-refractivity contribution >= 4 is 23.1 Å². The van der Waals surface area contributed by atoms with Crippen molar-refractivity contribution in [2.75, 3.05) is 23.3 Å². The van der Waals surface area contributed by atoms with Crippen molar-refractivity contribution in [1.82, 2.24) is 0 Å². The van der Waals surface area contributed by atoms with Crippen molar-refractivity contribution in [3.63, 3.8) is 0 Å². The third-order valence-electron chi connectivity index (χ3n) is 3.64. The smallest absolute Gasteiger partial charge is 0.0534 e. The molecule has 1 aliphatic heterocycles. The zero-order chi connectivity index (χ0) is 10.3. The average molecular weight is 220 g/mol. The molecule has 1 saturated carbocycles. The van der Waals surface area contributed by atoms with Crippen LogP contribution in [0.5, 0.6) is 0 Å². The van der Waals surface area contributed by atoms with E-state index in [1.54, 1.807) is 0 Å². The Morgan fingerprint density at radius 2 is 2.20 bits per heavy atom. The normalized spacial score (nSPS) is 22.4. The third-order valence-corrected chi connectivity index (χ3v) is 5.14. The Morgan fingerprint density at radius 1 is 1.33 bits per heavy atom. The summed E-state index contributed by atoms with van der Waals surface area (Å²) in [5, 5.41) is 3.56. The highest BCUT2D eigenvalue weighted by Gasteiger charge is 2.38. The van der Waals surface area contributed by atoms with Gasteiger partial charge in [0.05, 0.1) is 4.90 Å². The van der Waals surface area contributed by atoms with E-state index in [-0.39, 0.29) is 0 Å². The highest BCUT2D eigenvalue weighted by Crippen LogP contribution is 2.49. The molecule has 3 rings (SSSR count). The predicted octanol–water partition coefficient (Wildman–Crippen LogP) is 2.96. The Kier molecular flexibility index (Phi) is 2.09. The van der Waals surface area contributed by atoms with Gasteiger partial charge in [0.25, 0.3) is 0 Å². The first-order valence-corrected chi connectivity index (χ1v) is 6.53. The minimum Gasteiger partial charge on any atom is -0.398 e. The van der Waals surface area contributed by atoms with Gasteiger partial charge < -0.3 is 11.1 Å². The van der Waals surface area contributed by atoms with E-state index < -0.39 is 0 Å². The number of nitrogens with two attached hydrogens (primary N) is 1. The van der Waals surface area contributed by atoms with Crippen molar-refractivity contribution in [3.05, 3.63) is 18.2 Å². The molecule has 80 valence electrons. The van der Waals surface area contributed by atoms with Crippen molar-refractivity contribution < 1.29 is 0 Å². The highest BCUT2D eigenvalue weighted by atomic mass is 32.2. The average Bonchev–Trinajstić information content (AvgIpc) is 2.37. The number of hydrogen-bond acceptors (Lipinski definition) is 3. The summed E-state index contributed by atoms with van der Waals surface area (Å²) in [5.41, 5.74) is 8.69. The quantitative estimate of drug-likeness (QED) is 0.660. The van der Waals surface area contributed by atoms with Crippen LogP contribution in [0.1, 0.15) is 19.3 Å². The highest BCUT2D eigenvalue weighted by molar-refractivity contribution is 7.99. The summed E-state index contributed by atoms with van der Waals surface area (Å²) in [6.07, 6.45) is 4.15. The van der Waals surface area contributed by atoms with E-state index in [0.717, 1.165) is 12.2 Å². The summed E-state index contributed by atoms with van der Waals surface area (Å²) in [4.78, 5) is 1.25. The molecule has 1 aromatic carbocycles. The van der Waals surface area contributed by atoms with E-state index in [1.165, 1.54) is 35.6 Å². The SMILES string of the molecule is Nc1cccc2c1SCC1(CCC1)CN2. The maximum Gasteiger partial charge on any atom is 0.0534 e. The topological polar surface area (TPSA) is 38.0 Å². The van der Waals surface area contributed by atoms with Gasteiger partial charge in [-0.05, 0) is 30.4 Å². The molecule has 1 heterocycles. The van der Waals surface area contributed by atoms with Crippen LogP contribution in [-0.4, -0.2) is 12.3 Å². The van der Waals surface area contributed by atoms with Crippen LogP contribution in [0.2, 0.25) is 0 Å². The van der Waals surface area contributed by atoms with Gasteiger partial charge in [-0.15, -0.1) is 11.8 Å². The molecule has 0 atom stereocenters. The van der Waals surface area contributed by atoms with Crippen molar-refractivity contribution in [2.24, 2.45) is 5.41 Å². The fraction of sp³-hybridized carbons (Fsp3) is 0.500. The standard InChI is InChI=1S/C12H16N2S/c13-9-3-1-4-10-11(9)15-8-12(7-14-10)5-2-6-12/h1,3-4,14H,2,5-8,13H2. The van der Waals surface area contributed by atoms with Gasteiger partial charge >= 0.3 is 0 Å². The minimum atomic E-state index is 0.552. The molecule has 0 amide bonds. The lowest BCUT2D eigenvalue weighted by molar-refractivity contribution is 0.187. The van der Waals surface area contributed by atoms with Gasteiger partial charge in [0.2, 0.25) is 0 Å². The zero-order valence-electron chi connectivity index (χ0n) is 8.75. The van der Waals surface area contributed by atoms with Crippen LogP contribution in [0, 0.1) is 5.41 Å². The lowest BCUT2D eigenvalue weighted by Crippen LogP contribution is -2.37. The second-order valence-electron chi connectivity index (χ2n) is 4.72. The van der Waals surface area contributed by atoms with Crippen molar-refractivity contribution in [1.29, 1.82) is 0 Å². The van der Waals surface area contributed by atoms with Crippen LogP contribution in [0.25, 0.3) is 0 Å². The van der Waals surface area contributed by atoms with Gasteiger partial charge in [-0.3, -0.25) is 0 Å². The van der Waals surface area contributed by atoms with E-state index in [2.05, 4.69) is 11.4 Å². The summed E-state index contributed by atoms with van der Waals surface area (Å²) in [5.74, 6) is 1.22. The molecule has 0 aromatic heterocycles. The number of fused-ring (bicyclic) bond motifs is 1. The number of hydrogen-bond donors (Lipinski definition) is 2. The van der Waals surface area contributed by atoms with Crippen LogP contribution in [0.15, 0.2) is 23.1 Å². The number of rotatable bonds is 0. The Labute approximate surface area is 94.6 Å². The van der Waals surface area contributed by atoms with Gasteiger partial charge in [0.15, 0.2) is 0 Å². The molecule has 0 bridgehead atoms. The fourth-order valence-electron chi connectivity index (χ4n) is 2.41. The molecule has 3 N–H and O–H groups in total. The molecule has 2 aliphatic rings. The lowest BCUT2D eigenvalue weighted by atomic mass is 9.70. The Morgan fingerprint density at radius 3 is 2.93 bits per heavy atom. The second-order valence-corrected chi connectivity index (χ2v) is 5.71. The molecular formula is C12H16N2S. The number of anilines is 2. The van der Waals surface area contributed by atoms with E-state index in [0.29, 0.717) is 5.41 Å². The maximum atomic E-state index is 6.00. The van der Waals surface area contributed by atoms with E-state index >= 15 is 0 Å². The molecule has 2 nitrogen and oxygen atoms in total. The van der Waals surface area contributed by atoms with Gasteiger partial charge in [-0.25, -0.2) is 0 Å². The molecule has 15 heavy (non-hydrogen) atoms. The molecule has 1 aromatic rings. The number of nitrogen functional groups attached to an aromatic ring is 1. The summed E-state index contributed by atoms with van der Waals surface area (Å²) in [6.45, 7) is 1.12. The summed E-state index contributed by atoms with van der Waals surface area (Å²) in [7, 11) is 0. The van der Waals surface area contributed by atoms with Crippen LogP contribution >= 0.6 is 11.8 Å². The predicted molar refractivity (Wildman–Crippen MR) is 66.4 cm³/mol. The van der Waals surface area contributed by atoms with Crippen LogP contribution in [0.3, 0.4) is 0 Å². The van der Waals surface area contributed by atoms with Crippen molar-refractivity contribution in [3.8, 4) is 0 Å². The number of thioether (sulfide) groups is 1. The van der Waals surface area contributed by atoms with Gasteiger partial charge in [-0.1, -0.05) is 12.5 Å². The largest absolute Gasteiger partial charge is 0.398 e. The Hall–Kier alpha value is -0.830. The molecule has 1 fully saturated rings. The summed E-state index contributed by atoms with van der Waals surface area (Å²) in [6, 6.07) is 6.16. The monoisotopic (exact) mass is 220 g/mol. The minimum absolute atomic E-state index is 0.552. The maximum absolute atomic E-state index is 6.00. The fourth-order valence-corrected chi connectivity index (χ4v) is 3.78. The van der Waals surface area contributed by atoms with Gasteiger partial charge in [-0.2, -0.15) is 0 Å². The number of nitrogens with one attached hydrogen (secondary N) is 1. The first-order valence-electron chi connectivity index (χ1n) is 5.54. The first-order chi connectivity index (χ1) is 7.29. The molecule has 1 aliphatic carbocycles. The van der Waals surface area contributed by atoms with Crippen LogP contribution in [0.4, 0.5) is 11.4 Å². The third kappa shape index (κ3) is 1.49. The molecule has 0 saturated heterocycles. The summed E-state index contributed by atoms with van der Waals surface area (Å²) >= 11 is 1.93. The Balaban J connectivity index is 1.91. The van der Waals surface area contributed by atoms with E-state index in [9.17, 15) is 0 Å². The summed E-state index contributed by atoms with van der Waals surface area (Å²) < 4.78 is 0. The molecular weight excluding hydrogens is 204 g/mol. The van der Waals surface area contributed by atoms with Crippen molar-refractivity contribution in [2.45, 2.75) is 24.2 Å². The van der Waals surface area contributed by atoms with E-state index in [1.807, 2.05) is 23.9 Å². The van der Waals surface area contributed by atoms with Crippen LogP contribution < -0.4 is 11.1 Å². The zero-order valence-corrected chi connectivity index (χ0v) is 9.57.